The summed E-state index contributed by atoms with van der Waals surface area (Å²) in [5, 5.41) is 3.73. The lowest BCUT2D eigenvalue weighted by molar-refractivity contribution is -0.130. The fraction of sp³-hybridized carbons (Fsp3) is 0.921. The molecule has 0 aliphatic heterocycles. The van der Waals surface area contributed by atoms with Crippen LogP contribution in [-0.4, -0.2) is 85.8 Å². The van der Waals surface area contributed by atoms with Crippen molar-refractivity contribution >= 4 is 17.7 Å². The highest BCUT2D eigenvalue weighted by Gasteiger charge is 2.27. The maximum absolute atomic E-state index is 12.5. The van der Waals surface area contributed by atoms with Gasteiger partial charge in [0.25, 0.3) is 0 Å². The van der Waals surface area contributed by atoms with Crippen LogP contribution in [0.3, 0.4) is 0 Å². The molecule has 1 N–H and O–H groups in total. The van der Waals surface area contributed by atoms with E-state index in [1.54, 1.807) is 0 Å². The Kier molecular flexibility index (Phi) is 27.5. The molecule has 7 heteroatoms. The lowest BCUT2D eigenvalue weighted by Crippen LogP contribution is -2.43. The third-order valence-corrected chi connectivity index (χ3v) is 9.74. The number of amides is 3. The zero-order valence-electron chi connectivity index (χ0n) is 31.2. The van der Waals surface area contributed by atoms with Crippen LogP contribution in [0.25, 0.3) is 0 Å². The van der Waals surface area contributed by atoms with Crippen LogP contribution < -0.4 is 5.32 Å². The number of hydrogen-bond acceptors (Lipinski definition) is 4. The van der Waals surface area contributed by atoms with Crippen LogP contribution in [-0.2, 0) is 14.4 Å². The van der Waals surface area contributed by atoms with Crippen molar-refractivity contribution in [3.8, 4) is 0 Å². The van der Waals surface area contributed by atoms with E-state index >= 15 is 0 Å². The number of hydrogen-bond donors (Lipinski definition) is 1. The molecule has 0 saturated carbocycles. The molecule has 0 unspecified atom stereocenters. The van der Waals surface area contributed by atoms with Crippen molar-refractivity contribution in [1.29, 1.82) is 0 Å². The Hall–Kier alpha value is -1.63. The Bertz CT molecular complexity index is 651. The van der Waals surface area contributed by atoms with Crippen molar-refractivity contribution < 1.29 is 14.4 Å². The molecule has 0 aromatic heterocycles. The first-order valence-corrected chi connectivity index (χ1v) is 19.1. The molecule has 0 radical (unpaired) electrons. The van der Waals surface area contributed by atoms with E-state index in [0.717, 1.165) is 116 Å². The Labute approximate surface area is 280 Å². The third kappa shape index (κ3) is 22.5. The predicted molar refractivity (Wildman–Crippen MR) is 193 cm³/mol. The van der Waals surface area contributed by atoms with Crippen LogP contribution in [0.15, 0.2) is 0 Å². The molecule has 0 aliphatic carbocycles. The van der Waals surface area contributed by atoms with Crippen LogP contribution in [0, 0.1) is 0 Å². The first-order chi connectivity index (χ1) is 21.7. The summed E-state index contributed by atoms with van der Waals surface area (Å²) in [5.74, 6) is 0.839. The Morgan fingerprint density at radius 2 is 0.733 bits per heavy atom. The molecule has 266 valence electrons. The van der Waals surface area contributed by atoms with Crippen molar-refractivity contribution in [2.45, 2.75) is 180 Å². The normalized spacial score (nSPS) is 11.5. The van der Waals surface area contributed by atoms with Gasteiger partial charge in [-0.1, -0.05) is 97.8 Å². The minimum absolute atomic E-state index is 0.0862. The molecule has 0 bridgehead atoms. The monoisotopic (exact) mass is 637 g/mol. The molecule has 0 heterocycles. The second kappa shape index (κ2) is 28.6. The smallest absolute Gasteiger partial charge is 0.222 e. The van der Waals surface area contributed by atoms with E-state index in [9.17, 15) is 14.4 Å². The molecule has 3 amide bonds. The van der Waals surface area contributed by atoms with Gasteiger partial charge in [-0.25, -0.2) is 0 Å². The number of nitrogens with one attached hydrogen (secondary N) is 1. The summed E-state index contributed by atoms with van der Waals surface area (Å²) >= 11 is 0. The largest absolute Gasteiger partial charge is 0.346 e. The van der Waals surface area contributed by atoms with E-state index in [1.165, 1.54) is 38.5 Å². The van der Waals surface area contributed by atoms with Gasteiger partial charge < -0.3 is 20.0 Å². The number of carbonyl (C=O) groups excluding carboxylic acids is 3. The van der Waals surface area contributed by atoms with Gasteiger partial charge in [0.1, 0.15) is 0 Å². The Morgan fingerprint density at radius 3 is 0.978 bits per heavy atom. The summed E-state index contributed by atoms with van der Waals surface area (Å²) in [7, 11) is 7.94. The first-order valence-electron chi connectivity index (χ1n) is 19.1. The summed E-state index contributed by atoms with van der Waals surface area (Å²) in [6.07, 6.45) is 25.1. The summed E-state index contributed by atoms with van der Waals surface area (Å²) in [6.45, 7) is 9.20. The summed E-state index contributed by atoms with van der Waals surface area (Å²) < 4.78 is 0. The highest BCUT2D eigenvalue weighted by molar-refractivity contribution is 5.76. The SMILES string of the molecule is CCCCCN(C)C(=O)CCCCCC(CCCCCC(=O)N(C)CCCCC)(CCCCCC(=O)N(C)CCCCC)NC. The van der Waals surface area contributed by atoms with Crippen molar-refractivity contribution in [3.05, 3.63) is 0 Å². The van der Waals surface area contributed by atoms with Crippen molar-refractivity contribution in [3.63, 3.8) is 0 Å². The topological polar surface area (TPSA) is 73.0 Å². The van der Waals surface area contributed by atoms with Gasteiger partial charge in [0.15, 0.2) is 0 Å². The molecule has 0 atom stereocenters. The number of rotatable bonds is 31. The van der Waals surface area contributed by atoms with E-state index in [4.69, 9.17) is 0 Å². The van der Waals surface area contributed by atoms with E-state index in [-0.39, 0.29) is 23.3 Å². The highest BCUT2D eigenvalue weighted by atomic mass is 16.2. The average Bonchev–Trinajstić information content (AvgIpc) is 3.03. The van der Waals surface area contributed by atoms with Gasteiger partial charge in [0.2, 0.25) is 17.7 Å². The van der Waals surface area contributed by atoms with Crippen LogP contribution in [0.5, 0.6) is 0 Å². The summed E-state index contributed by atoms with van der Waals surface area (Å²) in [5.41, 5.74) is 0.0862. The average molecular weight is 637 g/mol. The molecule has 0 aromatic rings. The molecule has 0 fully saturated rings. The van der Waals surface area contributed by atoms with E-state index in [1.807, 2.05) is 35.8 Å². The predicted octanol–water partition coefficient (Wildman–Crippen LogP) is 8.74. The highest BCUT2D eigenvalue weighted by Crippen LogP contribution is 2.29. The van der Waals surface area contributed by atoms with Gasteiger partial charge in [0.05, 0.1) is 0 Å². The maximum Gasteiger partial charge on any atom is 0.222 e. The Morgan fingerprint density at radius 1 is 0.444 bits per heavy atom. The summed E-state index contributed by atoms with van der Waals surface area (Å²) in [4.78, 5) is 43.3. The molecule has 45 heavy (non-hydrogen) atoms. The molecule has 0 rings (SSSR count). The van der Waals surface area contributed by atoms with E-state index in [2.05, 4.69) is 33.1 Å². The van der Waals surface area contributed by atoms with Crippen LogP contribution in [0.1, 0.15) is 175 Å². The molecule has 0 aliphatic rings. The molecular weight excluding hydrogens is 560 g/mol. The zero-order valence-corrected chi connectivity index (χ0v) is 31.2. The Balaban J connectivity index is 4.78. The first kappa shape index (κ1) is 43.4. The molecule has 0 spiro atoms. The zero-order chi connectivity index (χ0) is 33.8. The van der Waals surface area contributed by atoms with Crippen molar-refractivity contribution in [1.82, 2.24) is 20.0 Å². The summed E-state index contributed by atoms with van der Waals surface area (Å²) in [6, 6.07) is 0. The lowest BCUT2D eigenvalue weighted by atomic mass is 9.82. The van der Waals surface area contributed by atoms with Crippen LogP contribution in [0.4, 0.5) is 0 Å². The second-order valence-electron chi connectivity index (χ2n) is 13.8. The lowest BCUT2D eigenvalue weighted by Gasteiger charge is -2.34. The standard InChI is InChI=1S/C38H76N4O3/c1-8-11-23-32-40(5)35(43)26-17-14-20-29-38(39-4,30-21-15-18-27-36(44)41(6)33-24-12-9-2)31-22-16-19-28-37(45)42(7)34-25-13-10-3/h39H,8-34H2,1-7H3. The minimum atomic E-state index is 0.0862. The molecular formula is C38H76N4O3. The van der Waals surface area contributed by atoms with E-state index in [0.29, 0.717) is 19.3 Å². The number of carbonyl (C=O) groups is 3. The maximum atomic E-state index is 12.5. The van der Waals surface area contributed by atoms with Gasteiger partial charge >= 0.3 is 0 Å². The van der Waals surface area contributed by atoms with Gasteiger partial charge in [-0.15, -0.1) is 0 Å². The minimum Gasteiger partial charge on any atom is -0.346 e. The van der Waals surface area contributed by atoms with Crippen LogP contribution >= 0.6 is 0 Å². The second-order valence-corrected chi connectivity index (χ2v) is 13.8. The van der Waals surface area contributed by atoms with Crippen molar-refractivity contribution in [2.24, 2.45) is 0 Å². The number of nitrogens with zero attached hydrogens (tertiary/aromatic N) is 3. The molecule has 0 aromatic carbocycles. The van der Waals surface area contributed by atoms with Crippen LogP contribution in [0.2, 0.25) is 0 Å². The van der Waals surface area contributed by atoms with Gasteiger partial charge in [-0.2, -0.15) is 0 Å². The number of unbranched alkanes of at least 4 members (excludes halogenated alkanes) is 12. The van der Waals surface area contributed by atoms with Gasteiger partial charge in [0, 0.05) is 65.6 Å². The van der Waals surface area contributed by atoms with Gasteiger partial charge in [-0.05, 0) is 64.8 Å². The fourth-order valence-electron chi connectivity index (χ4n) is 6.24. The molecule has 0 saturated heterocycles. The van der Waals surface area contributed by atoms with Crippen molar-refractivity contribution in [2.75, 3.05) is 47.8 Å². The van der Waals surface area contributed by atoms with E-state index < -0.39 is 0 Å². The molecule has 7 nitrogen and oxygen atoms in total. The third-order valence-electron chi connectivity index (χ3n) is 9.74. The van der Waals surface area contributed by atoms with Gasteiger partial charge in [-0.3, -0.25) is 14.4 Å². The fourth-order valence-corrected chi connectivity index (χ4v) is 6.24. The quantitative estimate of drug-likeness (QED) is 0.0773.